The Kier molecular flexibility index (Phi) is 4.44. The van der Waals surface area contributed by atoms with Crippen LogP contribution in [0.4, 0.5) is 0 Å². The Morgan fingerprint density at radius 1 is 1.40 bits per heavy atom. The van der Waals surface area contributed by atoms with Gasteiger partial charge in [-0.05, 0) is 61.7 Å². The van der Waals surface area contributed by atoms with Crippen molar-refractivity contribution in [2.75, 3.05) is 6.61 Å². The van der Waals surface area contributed by atoms with E-state index in [2.05, 4.69) is 20.4 Å². The van der Waals surface area contributed by atoms with Gasteiger partial charge in [0.1, 0.15) is 5.78 Å². The molecule has 2 heteroatoms. The molecule has 20 heavy (non-hydrogen) atoms. The summed E-state index contributed by atoms with van der Waals surface area (Å²) in [6.07, 6.45) is 7.38. The second-order valence-corrected chi connectivity index (χ2v) is 7.71. The first-order chi connectivity index (χ1) is 9.33. The molecule has 0 saturated heterocycles. The summed E-state index contributed by atoms with van der Waals surface area (Å²) in [5, 5.41) is 9.90. The van der Waals surface area contributed by atoms with E-state index < -0.39 is 0 Å². The van der Waals surface area contributed by atoms with Gasteiger partial charge in [-0.1, -0.05) is 32.4 Å². The van der Waals surface area contributed by atoms with Crippen LogP contribution in [0.2, 0.25) is 0 Å². The van der Waals surface area contributed by atoms with Gasteiger partial charge < -0.3 is 9.90 Å². The highest BCUT2D eigenvalue weighted by Crippen LogP contribution is 2.61. The van der Waals surface area contributed by atoms with Gasteiger partial charge in [0.2, 0.25) is 0 Å². The van der Waals surface area contributed by atoms with Gasteiger partial charge in [-0.15, -0.1) is 0 Å². The lowest BCUT2D eigenvalue weighted by molar-refractivity contribution is -0.118. The normalized spacial score (nSPS) is 41.3. The van der Waals surface area contributed by atoms with Crippen molar-refractivity contribution >= 4 is 5.78 Å². The molecular weight excluding hydrogens is 248 g/mol. The minimum Gasteiger partial charge on any atom is -0.396 e. The lowest BCUT2D eigenvalue weighted by atomic mass is 9.47. The van der Waals surface area contributed by atoms with E-state index in [1.807, 2.05) is 0 Å². The van der Waals surface area contributed by atoms with E-state index >= 15 is 0 Å². The fourth-order valence-corrected chi connectivity index (χ4v) is 5.15. The molecule has 1 N–H and O–H groups in total. The molecule has 0 aliphatic heterocycles. The number of hydrogen-bond acceptors (Lipinski definition) is 2. The standard InChI is InChI=1S/C18H30O2/c1-13-6-9-16-17(3,12-19)10-5-11-18(16,4)15(13)8-7-14(2)20/h15-16,19H,1,5-12H2,2-4H3/t15-,16-,17-,18+/m0/s1. The molecule has 0 amide bonds. The van der Waals surface area contributed by atoms with Crippen LogP contribution in [0, 0.1) is 22.7 Å². The fourth-order valence-electron chi connectivity index (χ4n) is 5.15. The maximum Gasteiger partial charge on any atom is 0.129 e. The fraction of sp³-hybridized carbons (Fsp3) is 0.833. The first-order valence-corrected chi connectivity index (χ1v) is 8.11. The van der Waals surface area contributed by atoms with Crippen molar-refractivity contribution in [2.24, 2.45) is 22.7 Å². The lowest BCUT2D eigenvalue weighted by Gasteiger charge is -2.58. The molecule has 0 aromatic heterocycles. The van der Waals surface area contributed by atoms with E-state index in [4.69, 9.17) is 0 Å². The largest absolute Gasteiger partial charge is 0.396 e. The van der Waals surface area contributed by atoms with Gasteiger partial charge in [-0.25, -0.2) is 0 Å². The molecule has 0 unspecified atom stereocenters. The second-order valence-electron chi connectivity index (χ2n) is 7.71. The van der Waals surface area contributed by atoms with Crippen LogP contribution < -0.4 is 0 Å². The van der Waals surface area contributed by atoms with Crippen molar-refractivity contribution < 1.29 is 9.90 Å². The van der Waals surface area contributed by atoms with Crippen molar-refractivity contribution in [3.63, 3.8) is 0 Å². The predicted molar refractivity (Wildman–Crippen MR) is 82.4 cm³/mol. The molecule has 0 heterocycles. The summed E-state index contributed by atoms with van der Waals surface area (Å²) in [5.41, 5.74) is 1.62. The number of Topliss-reactive ketones (excluding diaryl/α,β-unsaturated/α-hetero) is 1. The Morgan fingerprint density at radius 3 is 2.70 bits per heavy atom. The molecule has 2 fully saturated rings. The second kappa shape index (κ2) is 5.63. The third-order valence-electron chi connectivity index (χ3n) is 6.29. The number of aliphatic hydroxyl groups excluding tert-OH is 1. The van der Waals surface area contributed by atoms with Crippen LogP contribution in [0.25, 0.3) is 0 Å². The Hall–Kier alpha value is -0.630. The average Bonchev–Trinajstić information content (AvgIpc) is 2.37. The van der Waals surface area contributed by atoms with Crippen LogP contribution in [-0.2, 0) is 4.79 Å². The summed E-state index contributed by atoms with van der Waals surface area (Å²) >= 11 is 0. The highest BCUT2D eigenvalue weighted by atomic mass is 16.3. The third-order valence-corrected chi connectivity index (χ3v) is 6.29. The van der Waals surface area contributed by atoms with E-state index in [9.17, 15) is 9.90 Å². The Balaban J connectivity index is 2.27. The molecule has 114 valence electrons. The van der Waals surface area contributed by atoms with Gasteiger partial charge in [0.15, 0.2) is 0 Å². The number of hydrogen-bond donors (Lipinski definition) is 1. The van der Waals surface area contributed by atoms with Crippen molar-refractivity contribution in [3.8, 4) is 0 Å². The molecule has 2 rings (SSSR count). The Labute approximate surface area is 123 Å². The van der Waals surface area contributed by atoms with Gasteiger partial charge in [0.25, 0.3) is 0 Å². The predicted octanol–water partition coefficient (Wildman–Crippen LogP) is 4.13. The molecule has 0 aromatic rings. The van der Waals surface area contributed by atoms with Gasteiger partial charge in [0.05, 0.1) is 0 Å². The lowest BCUT2D eigenvalue weighted by Crippen LogP contribution is -2.51. The van der Waals surface area contributed by atoms with Crippen molar-refractivity contribution in [2.45, 2.75) is 65.7 Å². The summed E-state index contributed by atoms with van der Waals surface area (Å²) in [5.74, 6) is 1.30. The van der Waals surface area contributed by atoms with E-state index in [0.717, 1.165) is 25.7 Å². The molecule has 0 aromatic carbocycles. The van der Waals surface area contributed by atoms with E-state index in [-0.39, 0.29) is 16.6 Å². The quantitative estimate of drug-likeness (QED) is 0.785. The molecule has 2 aliphatic carbocycles. The molecule has 4 atom stereocenters. The molecular formula is C18H30O2. The molecule has 2 nitrogen and oxygen atoms in total. The number of carbonyl (C=O) groups excluding carboxylic acids is 1. The summed E-state index contributed by atoms with van der Waals surface area (Å²) < 4.78 is 0. The highest BCUT2D eigenvalue weighted by molar-refractivity contribution is 5.75. The van der Waals surface area contributed by atoms with Crippen LogP contribution in [-0.4, -0.2) is 17.5 Å². The molecule has 2 saturated carbocycles. The van der Waals surface area contributed by atoms with Gasteiger partial charge in [-0.2, -0.15) is 0 Å². The minimum atomic E-state index is 0.0577. The van der Waals surface area contributed by atoms with Crippen LogP contribution in [0.15, 0.2) is 12.2 Å². The minimum absolute atomic E-state index is 0.0577. The van der Waals surface area contributed by atoms with E-state index in [1.165, 1.54) is 18.4 Å². The third kappa shape index (κ3) is 2.59. The zero-order chi connectivity index (χ0) is 15.0. The van der Waals surface area contributed by atoms with Gasteiger partial charge >= 0.3 is 0 Å². The summed E-state index contributed by atoms with van der Waals surface area (Å²) in [6.45, 7) is 10.9. The van der Waals surface area contributed by atoms with Crippen molar-refractivity contribution in [1.82, 2.24) is 0 Å². The average molecular weight is 278 g/mol. The molecule has 2 aliphatic rings. The summed E-state index contributed by atoms with van der Waals surface area (Å²) in [7, 11) is 0. The van der Waals surface area contributed by atoms with Crippen LogP contribution >= 0.6 is 0 Å². The maximum atomic E-state index is 11.4. The van der Waals surface area contributed by atoms with Crippen molar-refractivity contribution in [3.05, 3.63) is 12.2 Å². The number of fused-ring (bicyclic) bond motifs is 1. The number of rotatable bonds is 4. The molecule has 0 bridgehead atoms. The SMILES string of the molecule is C=C1CC[C@H]2[C@](C)(CO)CCC[C@]2(C)[C@H]1CCC(C)=O. The topological polar surface area (TPSA) is 37.3 Å². The zero-order valence-corrected chi connectivity index (χ0v) is 13.4. The van der Waals surface area contributed by atoms with Crippen LogP contribution in [0.3, 0.4) is 0 Å². The number of aliphatic hydroxyl groups is 1. The summed E-state index contributed by atoms with van der Waals surface area (Å²) in [6, 6.07) is 0. The zero-order valence-electron chi connectivity index (χ0n) is 13.4. The first kappa shape index (κ1) is 15.8. The number of allylic oxidation sites excluding steroid dienone is 1. The first-order valence-electron chi connectivity index (χ1n) is 8.11. The highest BCUT2D eigenvalue weighted by Gasteiger charge is 2.53. The van der Waals surface area contributed by atoms with E-state index in [0.29, 0.717) is 24.9 Å². The van der Waals surface area contributed by atoms with Gasteiger partial charge in [0, 0.05) is 13.0 Å². The monoisotopic (exact) mass is 278 g/mol. The van der Waals surface area contributed by atoms with Crippen molar-refractivity contribution in [1.29, 1.82) is 0 Å². The Bertz CT molecular complexity index is 400. The smallest absolute Gasteiger partial charge is 0.129 e. The Morgan fingerprint density at radius 2 is 2.10 bits per heavy atom. The summed E-state index contributed by atoms with van der Waals surface area (Å²) in [4.78, 5) is 11.4. The number of ketones is 1. The van der Waals surface area contributed by atoms with Crippen LogP contribution in [0.5, 0.6) is 0 Å². The maximum absolute atomic E-state index is 11.4. The molecule has 0 spiro atoms. The number of carbonyl (C=O) groups is 1. The van der Waals surface area contributed by atoms with Crippen LogP contribution in [0.1, 0.15) is 65.7 Å². The van der Waals surface area contributed by atoms with E-state index in [1.54, 1.807) is 6.92 Å². The van der Waals surface area contributed by atoms with Gasteiger partial charge in [-0.3, -0.25) is 0 Å². The molecule has 0 radical (unpaired) electrons.